The van der Waals surface area contributed by atoms with Crippen LogP contribution < -0.4 is 4.74 Å². The topological polar surface area (TPSA) is 46.5 Å². The summed E-state index contributed by atoms with van der Waals surface area (Å²) >= 11 is 0. The van der Waals surface area contributed by atoms with Gasteiger partial charge in [-0.3, -0.25) is 4.79 Å². The fourth-order valence-electron chi connectivity index (χ4n) is 4.96. The molecule has 0 unspecified atom stereocenters. The Labute approximate surface area is 136 Å². The van der Waals surface area contributed by atoms with Crippen molar-refractivity contribution in [3.63, 3.8) is 0 Å². The highest BCUT2D eigenvalue weighted by molar-refractivity contribution is 6.02. The third-order valence-corrected chi connectivity index (χ3v) is 5.97. The highest BCUT2D eigenvalue weighted by Crippen LogP contribution is 2.66. The van der Waals surface area contributed by atoms with Crippen molar-refractivity contribution in [2.24, 2.45) is 5.41 Å². The van der Waals surface area contributed by atoms with E-state index in [9.17, 15) is 9.90 Å². The lowest BCUT2D eigenvalue weighted by molar-refractivity contribution is -0.116. The van der Waals surface area contributed by atoms with Gasteiger partial charge in [0.15, 0.2) is 5.78 Å². The number of hydrogen-bond acceptors (Lipinski definition) is 3. The van der Waals surface area contributed by atoms with E-state index < -0.39 is 0 Å². The van der Waals surface area contributed by atoms with E-state index in [1.54, 1.807) is 18.2 Å². The largest absolute Gasteiger partial charge is 0.508 e. The summed E-state index contributed by atoms with van der Waals surface area (Å²) in [4.78, 5) is 12.2. The molecule has 1 N–H and O–H groups in total. The lowest BCUT2D eigenvalue weighted by Crippen LogP contribution is -2.52. The van der Waals surface area contributed by atoms with Crippen LogP contribution in [0.5, 0.6) is 11.5 Å². The zero-order chi connectivity index (χ0) is 16.4. The summed E-state index contributed by atoms with van der Waals surface area (Å²) in [5, 5.41) is 9.94. The molecule has 120 valence electrons. The van der Waals surface area contributed by atoms with Gasteiger partial charge in [-0.15, -0.1) is 0 Å². The van der Waals surface area contributed by atoms with Crippen LogP contribution in [0.3, 0.4) is 0 Å². The first-order chi connectivity index (χ1) is 10.9. The van der Waals surface area contributed by atoms with Crippen molar-refractivity contribution in [2.45, 2.75) is 52.1 Å². The van der Waals surface area contributed by atoms with Crippen LogP contribution in [-0.2, 0) is 4.79 Å². The number of carbonyl (C=O) groups excluding carboxylic acids is 1. The molecule has 0 saturated heterocycles. The van der Waals surface area contributed by atoms with Gasteiger partial charge in [0.2, 0.25) is 0 Å². The molecule has 4 rings (SSSR count). The van der Waals surface area contributed by atoms with Crippen molar-refractivity contribution < 1.29 is 14.6 Å². The molecule has 3 nitrogen and oxygen atoms in total. The average Bonchev–Trinajstić information content (AvgIpc) is 2.78. The number of fused-ring (bicyclic) bond motifs is 2. The van der Waals surface area contributed by atoms with Crippen LogP contribution in [0.15, 0.2) is 35.4 Å². The second kappa shape index (κ2) is 4.50. The molecule has 1 heterocycles. The predicted octanol–water partition coefficient (Wildman–Crippen LogP) is 4.41. The van der Waals surface area contributed by atoms with Gasteiger partial charge in [-0.2, -0.15) is 0 Å². The zero-order valence-electron chi connectivity index (χ0n) is 13.9. The molecule has 3 aliphatic rings. The van der Waals surface area contributed by atoms with E-state index in [1.807, 2.05) is 6.07 Å². The van der Waals surface area contributed by atoms with Crippen molar-refractivity contribution in [1.82, 2.24) is 0 Å². The van der Waals surface area contributed by atoms with Crippen molar-refractivity contribution in [2.75, 3.05) is 0 Å². The highest BCUT2D eigenvalue weighted by Gasteiger charge is 2.62. The monoisotopic (exact) mass is 310 g/mol. The average molecular weight is 310 g/mol. The highest BCUT2D eigenvalue weighted by atomic mass is 16.5. The third kappa shape index (κ3) is 1.73. The van der Waals surface area contributed by atoms with Crippen LogP contribution in [0.2, 0.25) is 0 Å². The summed E-state index contributed by atoms with van der Waals surface area (Å²) in [7, 11) is 0. The Morgan fingerprint density at radius 1 is 1.22 bits per heavy atom. The zero-order valence-corrected chi connectivity index (χ0v) is 13.9. The Hall–Kier alpha value is -2.03. The number of ether oxygens (including phenoxy) is 1. The molecular weight excluding hydrogens is 288 g/mol. The summed E-state index contributed by atoms with van der Waals surface area (Å²) in [6.07, 6.45) is 5.12. The van der Waals surface area contributed by atoms with E-state index in [0.717, 1.165) is 36.1 Å². The molecule has 1 aliphatic heterocycles. The molecular formula is C20H22O3. The first-order valence-electron chi connectivity index (χ1n) is 8.32. The van der Waals surface area contributed by atoms with Crippen molar-refractivity contribution in [3.8, 4) is 11.5 Å². The lowest BCUT2D eigenvalue weighted by atomic mass is 9.58. The predicted molar refractivity (Wildman–Crippen MR) is 89.4 cm³/mol. The molecule has 1 aromatic carbocycles. The number of phenolic OH excluding ortho intramolecular Hbond substituents is 1. The van der Waals surface area contributed by atoms with Crippen LogP contribution in [0, 0.1) is 5.41 Å². The molecule has 23 heavy (non-hydrogen) atoms. The van der Waals surface area contributed by atoms with Gasteiger partial charge in [0, 0.05) is 12.0 Å². The minimum atomic E-state index is -0.323. The van der Waals surface area contributed by atoms with E-state index in [0.29, 0.717) is 6.42 Å². The van der Waals surface area contributed by atoms with E-state index in [4.69, 9.17) is 4.74 Å². The van der Waals surface area contributed by atoms with Gasteiger partial charge >= 0.3 is 0 Å². The molecule has 0 bridgehead atoms. The van der Waals surface area contributed by atoms with Gasteiger partial charge in [-0.1, -0.05) is 11.1 Å². The molecule has 1 fully saturated rings. The van der Waals surface area contributed by atoms with Crippen molar-refractivity contribution in [3.05, 3.63) is 41.0 Å². The molecule has 0 aromatic heterocycles. The third-order valence-electron chi connectivity index (χ3n) is 5.97. The number of ketones is 1. The maximum Gasteiger partial charge on any atom is 0.156 e. The quantitative estimate of drug-likeness (QED) is 0.722. The molecule has 2 aliphatic carbocycles. The molecule has 1 saturated carbocycles. The molecule has 2 atom stereocenters. The van der Waals surface area contributed by atoms with Gasteiger partial charge in [-0.25, -0.2) is 0 Å². The normalized spacial score (nSPS) is 31.7. The Morgan fingerprint density at radius 3 is 2.74 bits per heavy atom. The van der Waals surface area contributed by atoms with Crippen LogP contribution in [0.4, 0.5) is 0 Å². The Balaban J connectivity index is 2.07. The maximum absolute atomic E-state index is 12.2. The number of hydrogen-bond donors (Lipinski definition) is 1. The van der Waals surface area contributed by atoms with Crippen LogP contribution in [-0.4, -0.2) is 16.5 Å². The molecule has 0 radical (unpaired) electrons. The van der Waals surface area contributed by atoms with Crippen molar-refractivity contribution in [1.29, 1.82) is 0 Å². The van der Waals surface area contributed by atoms with Crippen molar-refractivity contribution >= 4 is 11.4 Å². The van der Waals surface area contributed by atoms with Gasteiger partial charge < -0.3 is 9.84 Å². The van der Waals surface area contributed by atoms with Gasteiger partial charge in [-0.05, 0) is 69.9 Å². The van der Waals surface area contributed by atoms with Crippen LogP contribution in [0.25, 0.3) is 5.57 Å². The smallest absolute Gasteiger partial charge is 0.156 e. The summed E-state index contributed by atoms with van der Waals surface area (Å²) in [5.74, 6) is 1.16. The van der Waals surface area contributed by atoms with Gasteiger partial charge in [0.25, 0.3) is 0 Å². The van der Waals surface area contributed by atoms with E-state index >= 15 is 0 Å². The second-order valence-corrected chi connectivity index (χ2v) is 7.42. The summed E-state index contributed by atoms with van der Waals surface area (Å²) < 4.78 is 6.48. The SMILES string of the molecule is CC(C)=C1CC[C@]2(C)Oc3ccc(O)cc3C3=CC(=O)CC[C@@]312. The number of carbonyl (C=O) groups is 1. The Morgan fingerprint density at radius 2 is 2.00 bits per heavy atom. The first-order valence-corrected chi connectivity index (χ1v) is 8.32. The minimum absolute atomic E-state index is 0.171. The molecule has 0 amide bonds. The van der Waals surface area contributed by atoms with E-state index in [-0.39, 0.29) is 22.5 Å². The molecule has 3 heteroatoms. The van der Waals surface area contributed by atoms with Crippen LogP contribution in [0.1, 0.15) is 52.0 Å². The molecule has 1 aromatic rings. The van der Waals surface area contributed by atoms with Gasteiger partial charge in [0.1, 0.15) is 17.1 Å². The van der Waals surface area contributed by atoms with E-state index in [1.165, 1.54) is 11.1 Å². The number of benzene rings is 1. The number of aromatic hydroxyl groups is 1. The molecule has 1 spiro atoms. The fraction of sp³-hybridized carbons (Fsp3) is 0.450. The summed E-state index contributed by atoms with van der Waals surface area (Å²) in [6, 6.07) is 5.21. The number of allylic oxidation sites excluding steroid dienone is 2. The van der Waals surface area contributed by atoms with E-state index in [2.05, 4.69) is 20.8 Å². The summed E-state index contributed by atoms with van der Waals surface area (Å²) in [5.41, 5.74) is 4.09. The number of rotatable bonds is 0. The second-order valence-electron chi connectivity index (χ2n) is 7.42. The maximum atomic E-state index is 12.2. The number of phenols is 1. The first kappa shape index (κ1) is 14.6. The lowest BCUT2D eigenvalue weighted by Gasteiger charge is -2.52. The fourth-order valence-corrected chi connectivity index (χ4v) is 4.96. The Bertz CT molecular complexity index is 782. The Kier molecular flexibility index (Phi) is 2.85. The van der Waals surface area contributed by atoms with Gasteiger partial charge in [0.05, 0.1) is 5.41 Å². The van der Waals surface area contributed by atoms with Crippen LogP contribution >= 0.6 is 0 Å². The minimum Gasteiger partial charge on any atom is -0.508 e. The summed E-state index contributed by atoms with van der Waals surface area (Å²) in [6.45, 7) is 6.49. The standard InChI is InChI=1S/C20H22O3/c1-12(2)16-7-8-19(3)20(16)9-6-14(22)11-17(20)15-10-13(21)4-5-18(15)23-19/h4-5,10-11,21H,6-9H2,1-3H3/t19-,20-/m0/s1.